The van der Waals surface area contributed by atoms with Gasteiger partial charge in [-0.1, -0.05) is 0 Å². The van der Waals surface area contributed by atoms with Gasteiger partial charge in [-0.2, -0.15) is 0 Å². The average molecular weight is 847 g/mol. The Morgan fingerprint density at radius 2 is 0.905 bits per heavy atom. The Hall–Kier alpha value is 1.75. The molecule has 0 unspecified atom stereocenters. The zero-order chi connectivity index (χ0) is 15.9. The van der Waals surface area contributed by atoms with Crippen LogP contribution in [-0.4, -0.2) is 28.4 Å². The second-order valence-corrected chi connectivity index (χ2v) is 19.7. The van der Waals surface area contributed by atoms with Crippen molar-refractivity contribution in [2.24, 2.45) is 0 Å². The molecular weight excluding hydrogens is 835 g/mol. The van der Waals surface area contributed by atoms with Gasteiger partial charge in [0.15, 0.2) is 0 Å². The number of benzene rings is 2. The van der Waals surface area contributed by atoms with Crippen molar-refractivity contribution in [1.82, 2.24) is 0 Å². The molecule has 0 fully saturated rings. The van der Waals surface area contributed by atoms with E-state index in [1.54, 1.807) is 0 Å². The number of aromatic hydroxyl groups is 2. The van der Waals surface area contributed by atoms with E-state index in [9.17, 15) is 10.2 Å². The van der Waals surface area contributed by atoms with Gasteiger partial charge in [-0.3, -0.25) is 0 Å². The maximum atomic E-state index is 9.96. The molecule has 0 saturated carbocycles. The Kier molecular flexibility index (Phi) is 6.66. The van der Waals surface area contributed by atoms with Gasteiger partial charge in [0, 0.05) is 0 Å². The third kappa shape index (κ3) is 4.05. The van der Waals surface area contributed by atoms with E-state index in [1.165, 1.54) is 7.22 Å². The number of hydrogen-bond acceptors (Lipinski definition) is 2. The maximum absolute atomic E-state index is 9.96. The Balaban J connectivity index is 2.61. The summed E-state index contributed by atoms with van der Waals surface area (Å²) < 4.78 is 6.27. The summed E-state index contributed by atoms with van der Waals surface area (Å²) in [6, 6.07) is 8.41. The Morgan fingerprint density at radius 1 is 0.667 bits per heavy atom. The molecule has 0 atom stereocenters. The van der Waals surface area contributed by atoms with Crippen molar-refractivity contribution < 1.29 is 10.2 Å². The van der Waals surface area contributed by atoms with Crippen LogP contribution in [-0.2, 0) is 0 Å². The first-order valence-electron chi connectivity index (χ1n) is 5.74. The predicted octanol–water partition coefficient (Wildman–Crippen LogP) is 4.34. The molecule has 0 aliphatic rings. The molecule has 0 saturated heterocycles. The van der Waals surface area contributed by atoms with Gasteiger partial charge in [-0.15, -0.1) is 0 Å². The molecule has 2 aromatic carbocycles. The molecule has 0 amide bonds. The molecule has 2 N–H and O–H groups in total. The summed E-state index contributed by atoms with van der Waals surface area (Å²) in [6.45, 7) is 0. The first kappa shape index (κ1) is 19.1. The molecule has 114 valence electrons. The zero-order valence-electron chi connectivity index (χ0n) is 11.1. The molecule has 2 aromatic rings. The van der Waals surface area contributed by atoms with Crippen molar-refractivity contribution >= 4 is 116 Å². The van der Waals surface area contributed by atoms with E-state index < -0.39 is 18.2 Å². The van der Waals surface area contributed by atoms with Crippen LogP contribution in [0.1, 0.15) is 0 Å². The van der Waals surface area contributed by atoms with E-state index in [2.05, 4.69) is 125 Å². The number of rotatable bonds is 2. The fourth-order valence-corrected chi connectivity index (χ4v) is 13.5. The second-order valence-electron chi connectivity index (χ2n) is 4.80. The molecule has 2 rings (SSSR count). The third-order valence-electron chi connectivity index (χ3n) is 3.16. The minimum atomic E-state index is -2.48. The van der Waals surface area contributed by atoms with Crippen LogP contribution in [0.3, 0.4) is 0 Å². The van der Waals surface area contributed by atoms with Gasteiger partial charge in [-0.05, 0) is 0 Å². The Labute approximate surface area is 182 Å². The summed E-state index contributed by atoms with van der Waals surface area (Å²) in [4.78, 5) is 4.69. The first-order valence-corrected chi connectivity index (χ1v) is 17.0. The summed E-state index contributed by atoms with van der Waals surface area (Å²) in [5.41, 5.74) is 0. The first-order chi connectivity index (χ1) is 9.64. The van der Waals surface area contributed by atoms with Crippen molar-refractivity contribution in [2.45, 2.75) is 9.94 Å². The summed E-state index contributed by atoms with van der Waals surface area (Å²) in [5, 5.41) is 19.9. The standard InChI is InChI=1S/C14H12I4O2Te/c1-21(2,7-3-9(15)13(19)10(16)4-7)8-5-11(17)14(20)12(18)6-8/h3-6,19-20H,1-2H3. The topological polar surface area (TPSA) is 40.5 Å². The van der Waals surface area contributed by atoms with Crippen molar-refractivity contribution in [3.8, 4) is 11.5 Å². The van der Waals surface area contributed by atoms with Crippen LogP contribution in [0.4, 0.5) is 0 Å². The molecule has 0 aromatic heterocycles. The summed E-state index contributed by atoms with van der Waals surface area (Å²) in [6.07, 6.45) is 0. The van der Waals surface area contributed by atoms with E-state index in [1.807, 2.05) is 0 Å². The second kappa shape index (κ2) is 7.33. The quantitative estimate of drug-likeness (QED) is 0.350. The van der Waals surface area contributed by atoms with Crippen LogP contribution in [0.25, 0.3) is 0 Å². The van der Waals surface area contributed by atoms with Gasteiger partial charge in [-0.25, -0.2) is 0 Å². The molecule has 0 radical (unpaired) electrons. The molecule has 0 bridgehead atoms. The SMILES string of the molecule is C[Te](C)(c1cc(I)c(O)c(I)c1)c1cc(I)c(O)c(I)c1. The average Bonchev–Trinajstić information content (AvgIpc) is 2.40. The fraction of sp³-hybridized carbons (Fsp3) is 0.143. The summed E-state index contributed by atoms with van der Waals surface area (Å²) >= 11 is 6.27. The van der Waals surface area contributed by atoms with Gasteiger partial charge in [0.2, 0.25) is 0 Å². The van der Waals surface area contributed by atoms with Crippen LogP contribution in [0, 0.1) is 14.3 Å². The van der Waals surface area contributed by atoms with E-state index in [0.29, 0.717) is 11.5 Å². The van der Waals surface area contributed by atoms with Crippen molar-refractivity contribution in [1.29, 1.82) is 0 Å². The molecule has 0 heterocycles. The van der Waals surface area contributed by atoms with Crippen LogP contribution in [0.2, 0.25) is 9.94 Å². The third-order valence-corrected chi connectivity index (χ3v) is 14.5. The van der Waals surface area contributed by atoms with Crippen LogP contribution < -0.4 is 7.22 Å². The minimum absolute atomic E-state index is 0.369. The van der Waals surface area contributed by atoms with E-state index in [4.69, 9.17) is 0 Å². The van der Waals surface area contributed by atoms with Crippen LogP contribution in [0.15, 0.2) is 24.3 Å². The fourth-order valence-electron chi connectivity index (χ4n) is 1.81. The monoisotopic (exact) mass is 850 g/mol. The molecule has 0 aliphatic carbocycles. The number of hydrogen-bond donors (Lipinski definition) is 2. The van der Waals surface area contributed by atoms with Gasteiger partial charge in [0.25, 0.3) is 0 Å². The van der Waals surface area contributed by atoms with E-state index in [0.717, 1.165) is 14.3 Å². The van der Waals surface area contributed by atoms with Gasteiger partial charge in [0.05, 0.1) is 0 Å². The predicted molar refractivity (Wildman–Crippen MR) is 124 cm³/mol. The molecule has 21 heavy (non-hydrogen) atoms. The number of phenolic OH excluding ortho intramolecular Hbond substituents is 2. The van der Waals surface area contributed by atoms with Crippen molar-refractivity contribution in [2.75, 3.05) is 0 Å². The van der Waals surface area contributed by atoms with Crippen LogP contribution >= 0.6 is 90.4 Å². The summed E-state index contributed by atoms with van der Waals surface area (Å²) in [5.74, 6) is 0.738. The number of halogens is 4. The molecular formula is C14H12I4O2Te. The molecule has 0 spiro atoms. The van der Waals surface area contributed by atoms with Gasteiger partial charge >= 0.3 is 186 Å². The van der Waals surface area contributed by atoms with E-state index >= 15 is 0 Å². The van der Waals surface area contributed by atoms with Gasteiger partial charge < -0.3 is 0 Å². The molecule has 7 heteroatoms. The van der Waals surface area contributed by atoms with Crippen molar-refractivity contribution in [3.05, 3.63) is 38.5 Å². The Morgan fingerprint density at radius 3 is 1.14 bits per heavy atom. The van der Waals surface area contributed by atoms with E-state index in [-0.39, 0.29) is 0 Å². The van der Waals surface area contributed by atoms with Crippen molar-refractivity contribution in [3.63, 3.8) is 0 Å². The molecule has 2 nitrogen and oxygen atoms in total. The van der Waals surface area contributed by atoms with Crippen LogP contribution in [0.5, 0.6) is 11.5 Å². The Bertz CT molecular complexity index is 611. The molecule has 0 aliphatic heterocycles. The van der Waals surface area contributed by atoms with Gasteiger partial charge in [0.1, 0.15) is 0 Å². The summed E-state index contributed by atoms with van der Waals surface area (Å²) in [7, 11) is 0. The zero-order valence-corrected chi connectivity index (χ0v) is 22.1. The number of phenols is 2. The normalized spacial score (nSPS) is 12.5.